The van der Waals surface area contributed by atoms with Gasteiger partial charge in [-0.2, -0.15) is 0 Å². The van der Waals surface area contributed by atoms with Gasteiger partial charge in [0.2, 0.25) is 6.33 Å². The number of nitrogens with one attached hydrogen (secondary N) is 1. The lowest BCUT2D eigenvalue weighted by molar-refractivity contribution is 0.0501. The molecule has 23 heavy (non-hydrogen) atoms. The number of carbonyl (C=O) groups is 1. The maximum atomic E-state index is 12.0. The molecule has 0 aliphatic heterocycles. The first-order valence-corrected chi connectivity index (χ1v) is 7.40. The van der Waals surface area contributed by atoms with Gasteiger partial charge in [0, 0.05) is 11.8 Å². The molecule has 0 bridgehead atoms. The van der Waals surface area contributed by atoms with Crippen molar-refractivity contribution in [2.24, 2.45) is 0 Å². The van der Waals surface area contributed by atoms with E-state index >= 15 is 0 Å². The zero-order valence-corrected chi connectivity index (χ0v) is 13.7. The van der Waals surface area contributed by atoms with Crippen LogP contribution < -0.4 is 5.32 Å². The highest BCUT2D eigenvalue weighted by Gasteiger charge is 2.20. The molecule has 121 valence electrons. The maximum absolute atomic E-state index is 12.0. The predicted molar refractivity (Wildman–Crippen MR) is 84.3 cm³/mol. The third-order valence-corrected chi connectivity index (χ3v) is 2.95. The number of nitrogens with zero attached hydrogens (tertiary/aromatic N) is 4. The normalized spacial score (nSPS) is 12.5. The van der Waals surface area contributed by atoms with E-state index in [0.717, 1.165) is 11.3 Å². The van der Waals surface area contributed by atoms with Crippen LogP contribution in [0.2, 0.25) is 0 Å². The molecule has 0 aliphatic carbocycles. The van der Waals surface area contributed by atoms with Crippen molar-refractivity contribution in [1.29, 1.82) is 0 Å². The predicted octanol–water partition coefficient (Wildman–Crippen LogP) is 2.71. The zero-order valence-electron chi connectivity index (χ0n) is 13.7. The van der Waals surface area contributed by atoms with Crippen LogP contribution in [0.4, 0.5) is 4.79 Å². The lowest BCUT2D eigenvalue weighted by atomic mass is 10.1. The Kier molecular flexibility index (Phi) is 5.20. The number of rotatable bonds is 4. The summed E-state index contributed by atoms with van der Waals surface area (Å²) in [5.74, 6) is 0.510. The molecule has 1 unspecified atom stereocenters. The van der Waals surface area contributed by atoms with Gasteiger partial charge >= 0.3 is 6.09 Å². The SMILES string of the molecule is CCC(NC(=O)OC(C)(C)C)c1cc(-c2n[c]ncn2)ccn1. The van der Waals surface area contributed by atoms with Gasteiger partial charge in [0.05, 0.1) is 11.7 Å². The Hall–Kier alpha value is -2.57. The Bertz CT molecular complexity index is 655. The van der Waals surface area contributed by atoms with Crippen molar-refractivity contribution in [3.8, 4) is 11.4 Å². The number of aromatic nitrogens is 4. The molecule has 0 fully saturated rings. The molecular weight excluding hydrogens is 294 g/mol. The van der Waals surface area contributed by atoms with Crippen molar-refractivity contribution < 1.29 is 9.53 Å². The molecule has 0 saturated carbocycles. The fourth-order valence-corrected chi connectivity index (χ4v) is 1.97. The van der Waals surface area contributed by atoms with Crippen molar-refractivity contribution in [2.45, 2.75) is 45.8 Å². The number of pyridine rings is 1. The van der Waals surface area contributed by atoms with Crippen LogP contribution in [0.3, 0.4) is 0 Å². The second-order valence-electron chi connectivity index (χ2n) is 5.99. The Labute approximate surface area is 135 Å². The van der Waals surface area contributed by atoms with Crippen LogP contribution in [0.15, 0.2) is 24.7 Å². The van der Waals surface area contributed by atoms with Gasteiger partial charge in [-0.1, -0.05) is 6.92 Å². The van der Waals surface area contributed by atoms with Crippen molar-refractivity contribution in [3.63, 3.8) is 0 Å². The topological polar surface area (TPSA) is 89.9 Å². The van der Waals surface area contributed by atoms with E-state index in [1.807, 2.05) is 33.8 Å². The van der Waals surface area contributed by atoms with E-state index < -0.39 is 11.7 Å². The average molecular weight is 314 g/mol. The largest absolute Gasteiger partial charge is 0.444 e. The van der Waals surface area contributed by atoms with Gasteiger partial charge < -0.3 is 10.1 Å². The molecule has 1 atom stereocenters. The molecule has 0 spiro atoms. The molecule has 7 heteroatoms. The minimum absolute atomic E-state index is 0.254. The summed E-state index contributed by atoms with van der Waals surface area (Å²) in [6.07, 6.45) is 5.77. The van der Waals surface area contributed by atoms with Gasteiger partial charge in [-0.3, -0.25) is 4.98 Å². The van der Waals surface area contributed by atoms with Gasteiger partial charge in [-0.05, 0) is 39.3 Å². The zero-order chi connectivity index (χ0) is 16.9. The van der Waals surface area contributed by atoms with Crippen LogP contribution in [0.5, 0.6) is 0 Å². The van der Waals surface area contributed by atoms with E-state index in [1.54, 1.807) is 12.3 Å². The molecule has 2 aromatic heterocycles. The number of amides is 1. The van der Waals surface area contributed by atoms with E-state index in [2.05, 4.69) is 31.6 Å². The van der Waals surface area contributed by atoms with Crippen molar-refractivity contribution >= 4 is 6.09 Å². The highest BCUT2D eigenvalue weighted by atomic mass is 16.6. The summed E-state index contributed by atoms with van der Waals surface area (Å²) in [6, 6.07) is 3.39. The molecule has 0 aliphatic rings. The van der Waals surface area contributed by atoms with Gasteiger partial charge in [0.1, 0.15) is 11.9 Å². The number of alkyl carbamates (subject to hydrolysis) is 1. The molecule has 1 N–H and O–H groups in total. The molecule has 0 aromatic carbocycles. The molecule has 1 amide bonds. The van der Waals surface area contributed by atoms with Crippen molar-refractivity contribution in [2.75, 3.05) is 0 Å². The second kappa shape index (κ2) is 7.13. The molecule has 1 radical (unpaired) electrons. The molecular formula is C16H20N5O2. The molecule has 2 heterocycles. The van der Waals surface area contributed by atoms with E-state index in [-0.39, 0.29) is 6.04 Å². The maximum Gasteiger partial charge on any atom is 0.408 e. The minimum Gasteiger partial charge on any atom is -0.444 e. The van der Waals surface area contributed by atoms with Crippen LogP contribution in [0.25, 0.3) is 11.4 Å². The van der Waals surface area contributed by atoms with Crippen LogP contribution >= 0.6 is 0 Å². The quantitative estimate of drug-likeness (QED) is 0.933. The summed E-state index contributed by atoms with van der Waals surface area (Å²) in [5, 5.41) is 2.83. The van der Waals surface area contributed by atoms with Gasteiger partial charge in [0.25, 0.3) is 0 Å². The Morgan fingerprint density at radius 3 is 2.78 bits per heavy atom. The summed E-state index contributed by atoms with van der Waals surface area (Å²) < 4.78 is 5.29. The summed E-state index contributed by atoms with van der Waals surface area (Å²) in [6.45, 7) is 7.43. The minimum atomic E-state index is -0.543. The molecule has 7 nitrogen and oxygen atoms in total. The summed E-state index contributed by atoms with van der Waals surface area (Å²) in [5.41, 5.74) is 0.965. The number of hydrogen-bond acceptors (Lipinski definition) is 6. The monoisotopic (exact) mass is 314 g/mol. The fraction of sp³-hybridized carbons (Fsp3) is 0.438. The first-order chi connectivity index (χ1) is 10.9. The van der Waals surface area contributed by atoms with Crippen LogP contribution in [-0.4, -0.2) is 31.6 Å². The Morgan fingerprint density at radius 2 is 2.17 bits per heavy atom. The molecule has 2 aromatic rings. The third kappa shape index (κ3) is 4.98. The number of hydrogen-bond donors (Lipinski definition) is 1. The van der Waals surface area contributed by atoms with E-state index in [1.165, 1.54) is 6.33 Å². The molecule has 2 rings (SSSR count). The van der Waals surface area contributed by atoms with E-state index in [9.17, 15) is 4.79 Å². The van der Waals surface area contributed by atoms with E-state index in [0.29, 0.717) is 12.2 Å². The third-order valence-electron chi connectivity index (χ3n) is 2.95. The van der Waals surface area contributed by atoms with Crippen LogP contribution in [0.1, 0.15) is 45.9 Å². The highest BCUT2D eigenvalue weighted by Crippen LogP contribution is 2.20. The van der Waals surface area contributed by atoms with Gasteiger partial charge in [0.15, 0.2) is 5.82 Å². The van der Waals surface area contributed by atoms with Crippen LogP contribution in [0, 0.1) is 6.33 Å². The van der Waals surface area contributed by atoms with Crippen LogP contribution in [-0.2, 0) is 4.74 Å². The average Bonchev–Trinajstić information content (AvgIpc) is 2.52. The van der Waals surface area contributed by atoms with E-state index in [4.69, 9.17) is 4.74 Å². The van der Waals surface area contributed by atoms with Gasteiger partial charge in [-0.15, -0.1) is 0 Å². The smallest absolute Gasteiger partial charge is 0.408 e. The molecule has 0 saturated heterocycles. The summed E-state index contributed by atoms with van der Waals surface area (Å²) >= 11 is 0. The Balaban J connectivity index is 2.17. The first kappa shape index (κ1) is 16.8. The fourth-order valence-electron chi connectivity index (χ4n) is 1.97. The van der Waals surface area contributed by atoms with Crippen molar-refractivity contribution in [3.05, 3.63) is 36.7 Å². The first-order valence-electron chi connectivity index (χ1n) is 7.40. The summed E-state index contributed by atoms with van der Waals surface area (Å²) in [4.78, 5) is 28.1. The lowest BCUT2D eigenvalue weighted by Gasteiger charge is -2.23. The van der Waals surface area contributed by atoms with Crippen molar-refractivity contribution in [1.82, 2.24) is 25.3 Å². The van der Waals surface area contributed by atoms with Gasteiger partial charge in [-0.25, -0.2) is 19.7 Å². The summed E-state index contributed by atoms with van der Waals surface area (Å²) in [7, 11) is 0. The highest BCUT2D eigenvalue weighted by molar-refractivity contribution is 5.68. The second-order valence-corrected chi connectivity index (χ2v) is 5.99. The number of ether oxygens (including phenoxy) is 1. The Morgan fingerprint density at radius 1 is 1.39 bits per heavy atom. The number of carbonyl (C=O) groups excluding carboxylic acids is 1. The standard InChI is InChI=1S/C16H20N5O2/c1-5-12(21-15(22)23-16(2,3)4)13-8-11(6-7-18-13)14-19-9-17-10-20-14/h6-9,12H,5H2,1-4H3,(H,21,22). The lowest BCUT2D eigenvalue weighted by Crippen LogP contribution is -2.35.